The van der Waals surface area contributed by atoms with Crippen LogP contribution in [0.25, 0.3) is 0 Å². The molecule has 27 heavy (non-hydrogen) atoms. The number of rotatable bonds is 4. The van der Waals surface area contributed by atoms with Crippen molar-refractivity contribution in [3.8, 4) is 0 Å². The summed E-state index contributed by atoms with van der Waals surface area (Å²) in [6.07, 6.45) is 1.66. The van der Waals surface area contributed by atoms with E-state index in [-0.39, 0.29) is 11.9 Å². The maximum absolute atomic E-state index is 12.6. The number of anilines is 3. The SMILES string of the molecule is CNC(=O)Nc1cccc(NC(=O)c2ccnc(N3CCN(C)CC3)c2)c1. The Balaban J connectivity index is 1.68. The summed E-state index contributed by atoms with van der Waals surface area (Å²) in [5, 5.41) is 8.03. The van der Waals surface area contributed by atoms with Gasteiger partial charge in [0.2, 0.25) is 0 Å². The lowest BCUT2D eigenvalue weighted by Crippen LogP contribution is -2.44. The highest BCUT2D eigenvalue weighted by Gasteiger charge is 2.17. The highest BCUT2D eigenvalue weighted by Crippen LogP contribution is 2.18. The number of carbonyl (C=O) groups is 2. The Morgan fingerprint density at radius 1 is 1.00 bits per heavy atom. The molecule has 8 nitrogen and oxygen atoms in total. The van der Waals surface area contributed by atoms with Gasteiger partial charge in [0.1, 0.15) is 5.82 Å². The van der Waals surface area contributed by atoms with E-state index in [4.69, 9.17) is 0 Å². The van der Waals surface area contributed by atoms with Gasteiger partial charge in [-0.2, -0.15) is 0 Å². The average Bonchev–Trinajstić information content (AvgIpc) is 2.69. The summed E-state index contributed by atoms with van der Waals surface area (Å²) in [4.78, 5) is 32.9. The first-order chi connectivity index (χ1) is 13.0. The summed E-state index contributed by atoms with van der Waals surface area (Å²) in [6.45, 7) is 3.73. The molecule has 1 fully saturated rings. The Kier molecular flexibility index (Phi) is 5.87. The predicted molar refractivity (Wildman–Crippen MR) is 106 cm³/mol. The topological polar surface area (TPSA) is 89.6 Å². The van der Waals surface area contributed by atoms with Gasteiger partial charge in [0, 0.05) is 56.4 Å². The molecule has 0 unspecified atom stereocenters. The van der Waals surface area contributed by atoms with Gasteiger partial charge in [-0.3, -0.25) is 4.79 Å². The lowest BCUT2D eigenvalue weighted by atomic mass is 10.2. The van der Waals surface area contributed by atoms with Gasteiger partial charge in [-0.25, -0.2) is 9.78 Å². The molecular weight excluding hydrogens is 344 g/mol. The molecule has 3 rings (SSSR count). The molecule has 0 atom stereocenters. The summed E-state index contributed by atoms with van der Waals surface area (Å²) >= 11 is 0. The molecule has 1 aromatic heterocycles. The van der Waals surface area contributed by atoms with Crippen LogP contribution < -0.4 is 20.9 Å². The number of nitrogens with one attached hydrogen (secondary N) is 3. The number of benzene rings is 1. The van der Waals surface area contributed by atoms with E-state index in [2.05, 4.69) is 37.8 Å². The second kappa shape index (κ2) is 8.50. The monoisotopic (exact) mass is 368 g/mol. The minimum Gasteiger partial charge on any atom is -0.354 e. The first-order valence-corrected chi connectivity index (χ1v) is 8.85. The van der Waals surface area contributed by atoms with E-state index >= 15 is 0 Å². The number of nitrogens with zero attached hydrogens (tertiary/aromatic N) is 3. The number of aromatic nitrogens is 1. The lowest BCUT2D eigenvalue weighted by Gasteiger charge is -2.33. The largest absolute Gasteiger partial charge is 0.354 e. The Labute approximate surface area is 158 Å². The van der Waals surface area contributed by atoms with Gasteiger partial charge in [0.05, 0.1) is 0 Å². The van der Waals surface area contributed by atoms with Crippen molar-refractivity contribution < 1.29 is 9.59 Å². The molecule has 0 bridgehead atoms. The summed E-state index contributed by atoms with van der Waals surface area (Å²) in [6, 6.07) is 10.2. The molecule has 3 N–H and O–H groups in total. The van der Waals surface area contributed by atoms with Crippen molar-refractivity contribution in [1.82, 2.24) is 15.2 Å². The summed E-state index contributed by atoms with van der Waals surface area (Å²) in [5.74, 6) is 0.593. The zero-order valence-corrected chi connectivity index (χ0v) is 15.5. The summed E-state index contributed by atoms with van der Waals surface area (Å²) in [7, 11) is 3.64. The van der Waals surface area contributed by atoms with Crippen LogP contribution in [0, 0.1) is 0 Å². The van der Waals surface area contributed by atoms with Crippen molar-refractivity contribution in [3.05, 3.63) is 48.2 Å². The van der Waals surface area contributed by atoms with Crippen LogP contribution >= 0.6 is 0 Å². The Bertz CT molecular complexity index is 817. The van der Waals surface area contributed by atoms with E-state index in [1.54, 1.807) is 43.6 Å². The van der Waals surface area contributed by atoms with E-state index in [9.17, 15) is 9.59 Å². The van der Waals surface area contributed by atoms with Crippen LogP contribution in [0.5, 0.6) is 0 Å². The van der Waals surface area contributed by atoms with E-state index in [0.29, 0.717) is 16.9 Å². The van der Waals surface area contributed by atoms with Gasteiger partial charge in [0.15, 0.2) is 0 Å². The molecule has 0 aliphatic carbocycles. The Hall–Kier alpha value is -3.13. The fourth-order valence-electron chi connectivity index (χ4n) is 2.84. The van der Waals surface area contributed by atoms with E-state index in [1.807, 2.05) is 6.07 Å². The first-order valence-electron chi connectivity index (χ1n) is 8.85. The zero-order chi connectivity index (χ0) is 19.2. The van der Waals surface area contributed by atoms with Crippen LogP contribution in [0.15, 0.2) is 42.6 Å². The standard InChI is InChI=1S/C19H24N6O2/c1-20-19(27)23-16-5-3-4-15(13-16)22-18(26)14-6-7-21-17(12-14)25-10-8-24(2)9-11-25/h3-7,12-13H,8-11H2,1-2H3,(H,22,26)(H2,20,23,27). The van der Waals surface area contributed by atoms with Crippen LogP contribution in [-0.4, -0.2) is 62.1 Å². The molecule has 1 aromatic carbocycles. The summed E-state index contributed by atoms with van der Waals surface area (Å²) < 4.78 is 0. The van der Waals surface area contributed by atoms with Gasteiger partial charge in [-0.15, -0.1) is 0 Å². The maximum Gasteiger partial charge on any atom is 0.318 e. The molecule has 0 radical (unpaired) electrons. The molecule has 3 amide bonds. The molecule has 1 aliphatic heterocycles. The van der Waals surface area contributed by atoms with Gasteiger partial charge in [-0.05, 0) is 37.4 Å². The highest BCUT2D eigenvalue weighted by molar-refractivity contribution is 6.05. The van der Waals surface area contributed by atoms with Crippen molar-refractivity contribution in [2.24, 2.45) is 0 Å². The second-order valence-corrected chi connectivity index (χ2v) is 6.43. The fraction of sp³-hybridized carbons (Fsp3) is 0.316. The number of amides is 3. The van der Waals surface area contributed by atoms with Crippen LogP contribution in [0.3, 0.4) is 0 Å². The molecule has 2 heterocycles. The maximum atomic E-state index is 12.6. The van der Waals surface area contributed by atoms with Crippen LogP contribution in [0.1, 0.15) is 10.4 Å². The average molecular weight is 368 g/mol. The number of urea groups is 1. The van der Waals surface area contributed by atoms with Crippen molar-refractivity contribution in [3.63, 3.8) is 0 Å². The normalized spacial score (nSPS) is 14.5. The summed E-state index contributed by atoms with van der Waals surface area (Å²) in [5.41, 5.74) is 1.75. The Morgan fingerprint density at radius 3 is 2.41 bits per heavy atom. The number of piperazine rings is 1. The van der Waals surface area contributed by atoms with Gasteiger partial charge >= 0.3 is 6.03 Å². The molecule has 0 spiro atoms. The molecular formula is C19H24N6O2. The predicted octanol–water partition coefficient (Wildman–Crippen LogP) is 1.84. The van der Waals surface area contributed by atoms with Crippen molar-refractivity contribution in [2.75, 3.05) is 55.8 Å². The van der Waals surface area contributed by atoms with Gasteiger partial charge < -0.3 is 25.8 Å². The van der Waals surface area contributed by atoms with Gasteiger partial charge in [-0.1, -0.05) is 6.07 Å². The molecule has 2 aromatic rings. The smallest absolute Gasteiger partial charge is 0.318 e. The number of hydrogen-bond acceptors (Lipinski definition) is 5. The number of likely N-dealkylation sites (N-methyl/N-ethyl adjacent to an activating group) is 1. The molecule has 142 valence electrons. The van der Waals surface area contributed by atoms with Crippen molar-refractivity contribution in [1.29, 1.82) is 0 Å². The quantitative estimate of drug-likeness (QED) is 0.766. The highest BCUT2D eigenvalue weighted by atomic mass is 16.2. The molecule has 0 saturated carbocycles. The zero-order valence-electron chi connectivity index (χ0n) is 15.5. The van der Waals surface area contributed by atoms with Crippen molar-refractivity contribution in [2.45, 2.75) is 0 Å². The third-order valence-corrected chi connectivity index (χ3v) is 4.44. The number of carbonyl (C=O) groups excluding carboxylic acids is 2. The van der Waals surface area contributed by atoms with Crippen molar-refractivity contribution >= 4 is 29.1 Å². The van der Waals surface area contributed by atoms with E-state index < -0.39 is 0 Å². The van der Waals surface area contributed by atoms with Gasteiger partial charge in [0.25, 0.3) is 5.91 Å². The van der Waals surface area contributed by atoms with Crippen LogP contribution in [0.2, 0.25) is 0 Å². The molecule has 1 saturated heterocycles. The fourth-order valence-corrected chi connectivity index (χ4v) is 2.84. The minimum absolute atomic E-state index is 0.218. The lowest BCUT2D eigenvalue weighted by molar-refractivity contribution is 0.102. The van der Waals surface area contributed by atoms with E-state index in [0.717, 1.165) is 32.0 Å². The number of pyridine rings is 1. The van der Waals surface area contributed by atoms with Crippen LogP contribution in [-0.2, 0) is 0 Å². The number of hydrogen-bond donors (Lipinski definition) is 3. The van der Waals surface area contributed by atoms with Crippen LogP contribution in [0.4, 0.5) is 22.0 Å². The Morgan fingerprint density at radius 2 is 1.70 bits per heavy atom. The third-order valence-electron chi connectivity index (χ3n) is 4.44. The third kappa shape index (κ3) is 4.95. The minimum atomic E-state index is -0.315. The second-order valence-electron chi connectivity index (χ2n) is 6.43. The first kappa shape index (κ1) is 18.7. The molecule has 8 heteroatoms. The van der Waals surface area contributed by atoms with E-state index in [1.165, 1.54) is 0 Å². The molecule has 1 aliphatic rings.